The van der Waals surface area contributed by atoms with Crippen LogP contribution in [0.4, 0.5) is 5.69 Å². The van der Waals surface area contributed by atoms with Gasteiger partial charge in [0.15, 0.2) is 0 Å². The average molecular weight is 372 g/mol. The molecule has 2 aromatic rings. The molecule has 0 bridgehead atoms. The summed E-state index contributed by atoms with van der Waals surface area (Å²) < 4.78 is 1.95. The van der Waals surface area contributed by atoms with Crippen LogP contribution in [0.15, 0.2) is 39.0 Å². The van der Waals surface area contributed by atoms with Crippen LogP contribution in [0.1, 0.15) is 4.88 Å². The highest BCUT2D eigenvalue weighted by atomic mass is 79.9. The van der Waals surface area contributed by atoms with Crippen molar-refractivity contribution in [3.05, 3.63) is 59.6 Å². The van der Waals surface area contributed by atoms with Gasteiger partial charge in [0, 0.05) is 26.9 Å². The summed E-state index contributed by atoms with van der Waals surface area (Å²) in [6.45, 7) is 0.0891. The van der Waals surface area contributed by atoms with Gasteiger partial charge in [-0.05, 0) is 22.0 Å². The predicted octanol–water partition coefficient (Wildman–Crippen LogP) is 1.90. The number of rotatable bonds is 5. The van der Waals surface area contributed by atoms with E-state index in [1.54, 1.807) is 0 Å². The molecule has 7 nitrogen and oxygen atoms in total. The Morgan fingerprint density at radius 1 is 1.48 bits per heavy atom. The first kappa shape index (κ1) is 15.4. The van der Waals surface area contributed by atoms with Crippen LogP contribution in [-0.2, 0) is 17.9 Å². The Balaban J connectivity index is 2.00. The van der Waals surface area contributed by atoms with E-state index in [0.29, 0.717) is 6.54 Å². The fourth-order valence-corrected chi connectivity index (χ4v) is 2.98. The van der Waals surface area contributed by atoms with Crippen molar-refractivity contribution >= 4 is 38.9 Å². The van der Waals surface area contributed by atoms with Gasteiger partial charge in [-0.25, -0.2) is 0 Å². The van der Waals surface area contributed by atoms with Crippen LogP contribution in [0.25, 0.3) is 0 Å². The largest absolute Gasteiger partial charge is 0.350 e. The van der Waals surface area contributed by atoms with Crippen molar-refractivity contribution in [3.8, 4) is 0 Å². The Bertz CT molecular complexity index is 740. The minimum absolute atomic E-state index is 0.232. The molecular formula is C12H10BrN3O4S. The molecule has 0 atom stereocenters. The lowest BCUT2D eigenvalue weighted by atomic mass is 10.4. The van der Waals surface area contributed by atoms with Crippen LogP contribution in [0, 0.1) is 10.1 Å². The molecule has 0 spiro atoms. The van der Waals surface area contributed by atoms with Gasteiger partial charge >= 0.3 is 0 Å². The maximum atomic E-state index is 11.8. The summed E-state index contributed by atoms with van der Waals surface area (Å²) in [5.74, 6) is -0.387. The van der Waals surface area contributed by atoms with Gasteiger partial charge in [-0.1, -0.05) is 0 Å². The molecule has 2 rings (SSSR count). The first-order chi connectivity index (χ1) is 9.95. The summed E-state index contributed by atoms with van der Waals surface area (Å²) in [5.41, 5.74) is -0.695. The number of nitro groups is 1. The number of pyridine rings is 1. The van der Waals surface area contributed by atoms with E-state index in [-0.39, 0.29) is 18.1 Å². The molecular weight excluding hydrogens is 362 g/mol. The summed E-state index contributed by atoms with van der Waals surface area (Å²) >= 11 is 4.80. The van der Waals surface area contributed by atoms with Gasteiger partial charge in [-0.3, -0.25) is 24.3 Å². The highest BCUT2D eigenvalue weighted by molar-refractivity contribution is 9.10. The highest BCUT2D eigenvalue weighted by Crippen LogP contribution is 2.19. The van der Waals surface area contributed by atoms with E-state index < -0.39 is 10.5 Å². The Morgan fingerprint density at radius 2 is 2.24 bits per heavy atom. The second-order valence-electron chi connectivity index (χ2n) is 4.12. The van der Waals surface area contributed by atoms with Crippen molar-refractivity contribution in [3.63, 3.8) is 0 Å². The number of halogens is 1. The fraction of sp³-hybridized carbons (Fsp3) is 0.167. The van der Waals surface area contributed by atoms with Gasteiger partial charge in [0.1, 0.15) is 6.54 Å². The standard InChI is InChI=1S/C12H10BrN3O4S/c13-8-3-10(21-7-8)4-14-11(17)6-15-5-9(16(19)20)1-2-12(15)18/h1-3,5,7H,4,6H2,(H,14,17). The molecule has 2 heterocycles. The molecule has 0 aliphatic rings. The van der Waals surface area contributed by atoms with E-state index in [0.717, 1.165) is 32.2 Å². The molecule has 0 fully saturated rings. The molecule has 0 unspecified atom stereocenters. The zero-order valence-corrected chi connectivity index (χ0v) is 13.0. The van der Waals surface area contributed by atoms with E-state index in [2.05, 4.69) is 21.2 Å². The van der Waals surface area contributed by atoms with Crippen molar-refractivity contribution in [1.29, 1.82) is 0 Å². The van der Waals surface area contributed by atoms with Gasteiger partial charge in [-0.2, -0.15) is 0 Å². The van der Waals surface area contributed by atoms with Crippen LogP contribution < -0.4 is 10.9 Å². The van der Waals surface area contributed by atoms with Crippen molar-refractivity contribution in [2.45, 2.75) is 13.1 Å². The SMILES string of the molecule is O=C(Cn1cc([N+](=O)[O-])ccc1=O)NCc1cc(Br)cs1. The summed E-state index contributed by atoms with van der Waals surface area (Å²) in [4.78, 5) is 34.3. The number of carbonyl (C=O) groups is 1. The minimum atomic E-state index is -0.614. The third kappa shape index (κ3) is 4.23. The maximum absolute atomic E-state index is 11.8. The Kier molecular flexibility index (Phi) is 4.86. The maximum Gasteiger partial charge on any atom is 0.285 e. The third-order valence-electron chi connectivity index (χ3n) is 2.57. The number of hydrogen-bond donors (Lipinski definition) is 1. The van der Waals surface area contributed by atoms with Crippen LogP contribution in [0.3, 0.4) is 0 Å². The molecule has 0 saturated carbocycles. The fourth-order valence-electron chi connectivity index (χ4n) is 1.59. The molecule has 0 aliphatic carbocycles. The Morgan fingerprint density at radius 3 is 2.86 bits per heavy atom. The lowest BCUT2D eigenvalue weighted by molar-refractivity contribution is -0.385. The number of amides is 1. The predicted molar refractivity (Wildman–Crippen MR) is 81.2 cm³/mol. The summed E-state index contributed by atoms with van der Waals surface area (Å²) in [7, 11) is 0. The van der Waals surface area contributed by atoms with Gasteiger partial charge in [0.05, 0.1) is 17.7 Å². The summed E-state index contributed by atoms with van der Waals surface area (Å²) in [6.07, 6.45) is 1.06. The first-order valence-corrected chi connectivity index (χ1v) is 7.47. The molecule has 0 aromatic carbocycles. The monoisotopic (exact) mass is 371 g/mol. The third-order valence-corrected chi connectivity index (χ3v) is 4.27. The molecule has 1 amide bonds. The van der Waals surface area contributed by atoms with Crippen LogP contribution in [0.2, 0.25) is 0 Å². The lowest BCUT2D eigenvalue weighted by Crippen LogP contribution is -2.31. The summed E-state index contributed by atoms with van der Waals surface area (Å²) in [6, 6.07) is 4.06. The van der Waals surface area contributed by atoms with Gasteiger partial charge in [0.25, 0.3) is 11.2 Å². The normalized spacial score (nSPS) is 10.3. The quantitative estimate of drug-likeness (QED) is 0.641. The van der Waals surface area contributed by atoms with Gasteiger partial charge in [0.2, 0.25) is 5.91 Å². The number of nitrogens with one attached hydrogen (secondary N) is 1. The molecule has 0 saturated heterocycles. The zero-order chi connectivity index (χ0) is 15.4. The molecule has 21 heavy (non-hydrogen) atoms. The number of hydrogen-bond acceptors (Lipinski definition) is 5. The number of thiophene rings is 1. The molecule has 9 heteroatoms. The van der Waals surface area contributed by atoms with Crippen molar-refractivity contribution in [2.75, 3.05) is 0 Å². The molecule has 0 aliphatic heterocycles. The second kappa shape index (κ2) is 6.64. The van der Waals surface area contributed by atoms with Crippen molar-refractivity contribution in [2.24, 2.45) is 0 Å². The smallest absolute Gasteiger partial charge is 0.285 e. The molecule has 2 aromatic heterocycles. The molecule has 1 N–H and O–H groups in total. The highest BCUT2D eigenvalue weighted by Gasteiger charge is 2.10. The second-order valence-corrected chi connectivity index (χ2v) is 6.03. The van der Waals surface area contributed by atoms with Crippen LogP contribution >= 0.6 is 27.3 Å². The van der Waals surface area contributed by atoms with Crippen molar-refractivity contribution < 1.29 is 9.72 Å². The van der Waals surface area contributed by atoms with E-state index in [9.17, 15) is 19.7 Å². The Hall–Kier alpha value is -2.00. The van der Waals surface area contributed by atoms with E-state index in [4.69, 9.17) is 0 Å². The van der Waals surface area contributed by atoms with Crippen LogP contribution in [0.5, 0.6) is 0 Å². The average Bonchev–Trinajstić information content (AvgIpc) is 2.84. The number of carbonyl (C=O) groups excluding carboxylic acids is 1. The van der Waals surface area contributed by atoms with Crippen molar-refractivity contribution in [1.82, 2.24) is 9.88 Å². The molecule has 0 radical (unpaired) electrons. The van der Waals surface area contributed by atoms with Gasteiger partial charge in [-0.15, -0.1) is 11.3 Å². The number of nitrogens with zero attached hydrogens (tertiary/aromatic N) is 2. The lowest BCUT2D eigenvalue weighted by Gasteiger charge is -2.06. The van der Waals surface area contributed by atoms with Crippen LogP contribution in [-0.4, -0.2) is 15.4 Å². The molecule has 110 valence electrons. The zero-order valence-electron chi connectivity index (χ0n) is 10.6. The first-order valence-electron chi connectivity index (χ1n) is 5.80. The minimum Gasteiger partial charge on any atom is -0.350 e. The topological polar surface area (TPSA) is 94.2 Å². The van der Waals surface area contributed by atoms with E-state index in [1.165, 1.54) is 11.3 Å². The van der Waals surface area contributed by atoms with Gasteiger partial charge < -0.3 is 5.32 Å². The Labute approximate surface area is 131 Å². The number of aromatic nitrogens is 1. The van der Waals surface area contributed by atoms with E-state index in [1.807, 2.05) is 11.4 Å². The summed E-state index contributed by atoms with van der Waals surface area (Å²) in [5, 5.41) is 15.2. The van der Waals surface area contributed by atoms with E-state index >= 15 is 0 Å².